The summed E-state index contributed by atoms with van der Waals surface area (Å²) in [5.74, 6) is -3.12. The lowest BCUT2D eigenvalue weighted by atomic mass is 9.51. The molecule has 0 saturated carbocycles. The van der Waals surface area contributed by atoms with E-state index < -0.39 is 23.3 Å². The summed E-state index contributed by atoms with van der Waals surface area (Å²) in [6.45, 7) is 3.88. The van der Waals surface area contributed by atoms with Crippen LogP contribution in [0.15, 0.2) is 66.7 Å². The topological polar surface area (TPSA) is 80.5 Å². The summed E-state index contributed by atoms with van der Waals surface area (Å²) in [6, 6.07) is 19.9. The van der Waals surface area contributed by atoms with E-state index in [2.05, 4.69) is 0 Å². The van der Waals surface area contributed by atoms with Crippen molar-refractivity contribution in [3.63, 3.8) is 0 Å². The average Bonchev–Trinajstić information content (AvgIpc) is 3.06. The van der Waals surface area contributed by atoms with Crippen LogP contribution in [0.2, 0.25) is 0 Å². The largest absolute Gasteiger partial charge is 0.285 e. The predicted octanol–water partition coefficient (Wildman–Crippen LogP) is 4.09. The van der Waals surface area contributed by atoms with Crippen molar-refractivity contribution in [1.82, 2.24) is 0 Å². The van der Waals surface area contributed by atoms with E-state index in [-0.39, 0.29) is 16.7 Å². The number of nitro groups is 1. The molecule has 1 heterocycles. The molecule has 1 fully saturated rings. The molecule has 3 aromatic carbocycles. The molecule has 1 saturated heterocycles. The van der Waals surface area contributed by atoms with E-state index >= 15 is 0 Å². The van der Waals surface area contributed by atoms with Crippen molar-refractivity contribution in [2.45, 2.75) is 25.3 Å². The fourth-order valence-corrected chi connectivity index (χ4v) is 6.16. The Balaban J connectivity index is 1.66. The second-order valence-corrected chi connectivity index (χ2v) is 8.96. The summed E-state index contributed by atoms with van der Waals surface area (Å²) >= 11 is 0. The quantitative estimate of drug-likeness (QED) is 0.353. The van der Waals surface area contributed by atoms with Gasteiger partial charge in [-0.3, -0.25) is 19.7 Å². The Morgan fingerprint density at radius 3 is 2.00 bits per heavy atom. The Labute approximate surface area is 184 Å². The second kappa shape index (κ2) is 6.13. The third-order valence-corrected chi connectivity index (χ3v) is 7.61. The van der Waals surface area contributed by atoms with Crippen LogP contribution in [0.25, 0.3) is 0 Å². The number of benzene rings is 3. The number of hydrogen-bond donors (Lipinski definition) is 0. The van der Waals surface area contributed by atoms with Gasteiger partial charge in [0.15, 0.2) is 0 Å². The van der Waals surface area contributed by atoms with Gasteiger partial charge in [-0.1, -0.05) is 54.6 Å². The lowest BCUT2D eigenvalue weighted by Crippen LogP contribution is -2.57. The maximum absolute atomic E-state index is 13.9. The molecule has 4 aliphatic rings. The first-order valence-corrected chi connectivity index (χ1v) is 10.7. The molecular formula is C26H20N2O4. The summed E-state index contributed by atoms with van der Waals surface area (Å²) < 4.78 is 0. The highest BCUT2D eigenvalue weighted by molar-refractivity contribution is 6.23. The maximum Gasteiger partial charge on any atom is 0.285 e. The van der Waals surface area contributed by atoms with Crippen molar-refractivity contribution >= 4 is 17.5 Å². The minimum absolute atomic E-state index is 0.340. The van der Waals surface area contributed by atoms with Gasteiger partial charge in [-0.05, 0) is 48.2 Å². The average molecular weight is 424 g/mol. The van der Waals surface area contributed by atoms with E-state index in [9.17, 15) is 19.7 Å². The van der Waals surface area contributed by atoms with Crippen molar-refractivity contribution in [3.05, 3.63) is 110 Å². The second-order valence-electron chi connectivity index (χ2n) is 8.96. The van der Waals surface area contributed by atoms with Crippen molar-refractivity contribution in [2.75, 3.05) is 4.90 Å². The first kappa shape index (κ1) is 18.9. The number of amides is 2. The smallest absolute Gasteiger partial charge is 0.274 e. The molecule has 0 spiro atoms. The number of anilines is 1. The summed E-state index contributed by atoms with van der Waals surface area (Å²) in [5.41, 5.74) is 3.29. The van der Waals surface area contributed by atoms with Crippen LogP contribution < -0.4 is 4.90 Å². The van der Waals surface area contributed by atoms with Crippen LogP contribution >= 0.6 is 0 Å². The third-order valence-electron chi connectivity index (χ3n) is 7.61. The summed E-state index contributed by atoms with van der Waals surface area (Å²) in [6.07, 6.45) is 0. The molecule has 6 heteroatoms. The molecule has 0 N–H and O–H groups in total. The van der Waals surface area contributed by atoms with Crippen LogP contribution in [-0.2, 0) is 15.1 Å². The zero-order valence-corrected chi connectivity index (χ0v) is 17.6. The first-order valence-electron chi connectivity index (χ1n) is 10.7. The van der Waals surface area contributed by atoms with Crippen LogP contribution in [-0.4, -0.2) is 16.7 Å². The van der Waals surface area contributed by atoms with Crippen LogP contribution in [0, 0.1) is 35.8 Å². The molecule has 32 heavy (non-hydrogen) atoms. The van der Waals surface area contributed by atoms with E-state index in [0.717, 1.165) is 22.3 Å². The SMILES string of the molecule is Cc1ccc(N2C(=O)[C@@H]3[C@@H](C2=O)C2c4ccccc4C3([N+](=O)[O-])c3ccccc32)cc1C. The Kier molecular flexibility index (Phi) is 3.62. The minimum atomic E-state index is -1.78. The maximum atomic E-state index is 13.9. The summed E-state index contributed by atoms with van der Waals surface area (Å²) in [7, 11) is 0. The summed E-state index contributed by atoms with van der Waals surface area (Å²) in [4.78, 5) is 41.4. The number of imide groups is 1. The van der Waals surface area contributed by atoms with E-state index in [0.29, 0.717) is 16.8 Å². The van der Waals surface area contributed by atoms with E-state index in [1.54, 1.807) is 30.3 Å². The number of carbonyl (C=O) groups excluding carboxylic acids is 2. The highest BCUT2D eigenvalue weighted by atomic mass is 16.6. The standard InChI is InChI=1S/C26H20N2O4/c1-14-11-12-16(13-15(14)2)27-24(29)22-21-17-7-3-5-9-19(17)26(28(31)32,23(22)25(27)30)20-10-6-4-8-18(20)21/h3-13,21-23H,1-2H3/t21?,22-,23-,26?/m0/s1. The molecule has 6 nitrogen and oxygen atoms in total. The highest BCUT2D eigenvalue weighted by Crippen LogP contribution is 2.64. The lowest BCUT2D eigenvalue weighted by molar-refractivity contribution is -0.578. The number of carbonyl (C=O) groups is 2. The van der Waals surface area contributed by atoms with Crippen LogP contribution in [0.3, 0.4) is 0 Å². The van der Waals surface area contributed by atoms with Gasteiger partial charge >= 0.3 is 0 Å². The molecule has 3 aliphatic carbocycles. The Morgan fingerprint density at radius 2 is 1.44 bits per heavy atom. The molecule has 7 rings (SSSR count). The zero-order chi connectivity index (χ0) is 22.4. The number of aryl methyl sites for hydroxylation is 2. The number of rotatable bonds is 2. The Morgan fingerprint density at radius 1 is 0.844 bits per heavy atom. The molecule has 158 valence electrons. The predicted molar refractivity (Wildman–Crippen MR) is 118 cm³/mol. The van der Waals surface area contributed by atoms with Crippen molar-refractivity contribution in [3.8, 4) is 0 Å². The lowest BCUT2D eigenvalue weighted by Gasteiger charge is -2.48. The molecular weight excluding hydrogens is 404 g/mol. The van der Waals surface area contributed by atoms with Gasteiger partial charge in [0.05, 0.1) is 11.6 Å². The number of hydrogen-bond acceptors (Lipinski definition) is 4. The minimum Gasteiger partial charge on any atom is -0.274 e. The summed E-state index contributed by atoms with van der Waals surface area (Å²) in [5, 5.41) is 12.9. The molecule has 2 atom stereocenters. The number of nitrogens with zero attached hydrogens (tertiary/aromatic N) is 2. The highest BCUT2D eigenvalue weighted by Gasteiger charge is 2.74. The molecule has 2 bridgehead atoms. The Hall–Kier alpha value is -3.80. The van der Waals surface area contributed by atoms with E-state index in [1.165, 1.54) is 4.90 Å². The van der Waals surface area contributed by atoms with E-state index in [1.807, 2.05) is 50.2 Å². The first-order chi connectivity index (χ1) is 15.4. The Bertz CT molecular complexity index is 1310. The van der Waals surface area contributed by atoms with Crippen LogP contribution in [0.1, 0.15) is 39.3 Å². The zero-order valence-electron chi connectivity index (χ0n) is 17.6. The normalized spacial score (nSPS) is 27.2. The molecule has 0 radical (unpaired) electrons. The van der Waals surface area contributed by atoms with Gasteiger partial charge in [-0.25, -0.2) is 4.90 Å². The molecule has 3 aromatic rings. The van der Waals surface area contributed by atoms with Gasteiger partial charge in [0.1, 0.15) is 5.92 Å². The van der Waals surface area contributed by atoms with Crippen molar-refractivity contribution in [2.24, 2.45) is 11.8 Å². The van der Waals surface area contributed by atoms with Crippen molar-refractivity contribution in [1.29, 1.82) is 0 Å². The van der Waals surface area contributed by atoms with Crippen LogP contribution in [0.4, 0.5) is 5.69 Å². The monoisotopic (exact) mass is 424 g/mol. The van der Waals surface area contributed by atoms with Crippen LogP contribution in [0.5, 0.6) is 0 Å². The van der Waals surface area contributed by atoms with Crippen molar-refractivity contribution < 1.29 is 14.5 Å². The van der Waals surface area contributed by atoms with Gasteiger partial charge in [0.25, 0.3) is 5.54 Å². The van der Waals surface area contributed by atoms with Gasteiger partial charge in [-0.15, -0.1) is 0 Å². The van der Waals surface area contributed by atoms with E-state index in [4.69, 9.17) is 0 Å². The van der Waals surface area contributed by atoms with Gasteiger partial charge in [0.2, 0.25) is 11.8 Å². The van der Waals surface area contributed by atoms with Gasteiger partial charge in [0, 0.05) is 22.0 Å². The molecule has 0 unspecified atom stereocenters. The molecule has 0 aromatic heterocycles. The van der Waals surface area contributed by atoms with Gasteiger partial charge < -0.3 is 0 Å². The molecule has 2 amide bonds. The fourth-order valence-electron chi connectivity index (χ4n) is 6.16. The molecule has 1 aliphatic heterocycles. The fraction of sp³-hybridized carbons (Fsp3) is 0.231. The van der Waals surface area contributed by atoms with Gasteiger partial charge in [-0.2, -0.15) is 0 Å². The third kappa shape index (κ3) is 2.00.